The Hall–Kier alpha value is -4.08. The van der Waals surface area contributed by atoms with Gasteiger partial charge in [0.1, 0.15) is 12.7 Å². The first-order chi connectivity index (χ1) is 12.5. The van der Waals surface area contributed by atoms with Gasteiger partial charge in [0.25, 0.3) is 17.5 Å². The van der Waals surface area contributed by atoms with Gasteiger partial charge in [-0.2, -0.15) is 0 Å². The highest BCUT2D eigenvalue weighted by atomic mass is 16.6. The van der Waals surface area contributed by atoms with Crippen LogP contribution in [0.15, 0.2) is 61.2 Å². The molecule has 0 saturated carbocycles. The molecule has 26 heavy (non-hydrogen) atoms. The van der Waals surface area contributed by atoms with E-state index >= 15 is 0 Å². The van der Waals surface area contributed by atoms with Gasteiger partial charge >= 0.3 is 0 Å². The van der Waals surface area contributed by atoms with Crippen molar-refractivity contribution in [2.75, 3.05) is 10.7 Å². The van der Waals surface area contributed by atoms with Crippen molar-refractivity contribution in [2.24, 2.45) is 0 Å². The first-order valence-electron chi connectivity index (χ1n) is 7.35. The van der Waals surface area contributed by atoms with E-state index in [1.54, 1.807) is 24.3 Å². The van der Waals surface area contributed by atoms with Crippen LogP contribution in [0.25, 0.3) is 0 Å². The van der Waals surface area contributed by atoms with E-state index in [1.165, 1.54) is 41.6 Å². The minimum Gasteiger partial charge on any atom is -0.322 e. The first kappa shape index (κ1) is 16.8. The van der Waals surface area contributed by atoms with Gasteiger partial charge in [0.2, 0.25) is 0 Å². The number of carbonyl (C=O) groups excluding carboxylic acids is 2. The predicted molar refractivity (Wildman–Crippen MR) is 91.2 cm³/mol. The Morgan fingerprint density at radius 2 is 1.42 bits per heavy atom. The van der Waals surface area contributed by atoms with Crippen LogP contribution in [0.5, 0.6) is 0 Å². The van der Waals surface area contributed by atoms with Crippen molar-refractivity contribution in [2.45, 2.75) is 0 Å². The van der Waals surface area contributed by atoms with Gasteiger partial charge in [0, 0.05) is 28.9 Å². The maximum atomic E-state index is 12.1. The van der Waals surface area contributed by atoms with Gasteiger partial charge in [-0.25, -0.2) is 4.68 Å². The third-order valence-electron chi connectivity index (χ3n) is 3.39. The van der Waals surface area contributed by atoms with Gasteiger partial charge in [-0.05, 0) is 36.4 Å². The topological polar surface area (TPSA) is 132 Å². The quantitative estimate of drug-likeness (QED) is 0.532. The molecule has 2 amide bonds. The standard InChI is InChI=1S/C16H12N6O4/c23-15(11-3-7-14(8-4-11)22(25)26)19-13-5-1-12(2-6-13)16(24)20-21-9-17-18-10-21/h1-10H,(H,19,23)(H,20,24). The molecule has 0 radical (unpaired) electrons. The fraction of sp³-hybridized carbons (Fsp3) is 0. The Morgan fingerprint density at radius 1 is 0.885 bits per heavy atom. The Kier molecular flexibility index (Phi) is 4.65. The van der Waals surface area contributed by atoms with Crippen LogP contribution in [0.1, 0.15) is 20.7 Å². The summed E-state index contributed by atoms with van der Waals surface area (Å²) in [7, 11) is 0. The summed E-state index contributed by atoms with van der Waals surface area (Å²) in [5, 5.41) is 20.4. The number of nitro benzene ring substituents is 1. The van der Waals surface area contributed by atoms with Crippen LogP contribution >= 0.6 is 0 Å². The molecule has 2 N–H and O–H groups in total. The molecule has 1 heterocycles. The highest BCUT2D eigenvalue weighted by molar-refractivity contribution is 6.05. The molecule has 2 aromatic carbocycles. The Morgan fingerprint density at radius 3 is 2.00 bits per heavy atom. The number of rotatable bonds is 5. The zero-order chi connectivity index (χ0) is 18.5. The van der Waals surface area contributed by atoms with E-state index < -0.39 is 10.8 Å². The number of hydrogen-bond acceptors (Lipinski definition) is 6. The summed E-state index contributed by atoms with van der Waals surface area (Å²) in [5.74, 6) is -0.778. The number of benzene rings is 2. The van der Waals surface area contributed by atoms with Gasteiger partial charge in [0.15, 0.2) is 0 Å². The van der Waals surface area contributed by atoms with Crippen molar-refractivity contribution in [3.05, 3.63) is 82.4 Å². The van der Waals surface area contributed by atoms with Gasteiger partial charge < -0.3 is 5.32 Å². The van der Waals surface area contributed by atoms with E-state index in [0.717, 1.165) is 0 Å². The molecule has 0 aliphatic rings. The molecule has 1 aromatic heterocycles. The number of hydrogen-bond donors (Lipinski definition) is 2. The molecule has 0 spiro atoms. The molecule has 10 heteroatoms. The molecular weight excluding hydrogens is 340 g/mol. The summed E-state index contributed by atoms with van der Waals surface area (Å²) in [5.41, 5.74) is 3.60. The van der Waals surface area contributed by atoms with Crippen LogP contribution in [0, 0.1) is 10.1 Å². The maximum Gasteiger partial charge on any atom is 0.270 e. The van der Waals surface area contributed by atoms with E-state index in [2.05, 4.69) is 20.9 Å². The molecular formula is C16H12N6O4. The third-order valence-corrected chi connectivity index (χ3v) is 3.39. The first-order valence-corrected chi connectivity index (χ1v) is 7.35. The largest absolute Gasteiger partial charge is 0.322 e. The smallest absolute Gasteiger partial charge is 0.270 e. The summed E-state index contributed by atoms with van der Waals surface area (Å²) in [6.45, 7) is 0. The second-order valence-corrected chi connectivity index (χ2v) is 5.15. The molecule has 0 fully saturated rings. The molecule has 130 valence electrons. The zero-order valence-electron chi connectivity index (χ0n) is 13.2. The molecule has 0 saturated heterocycles. The van der Waals surface area contributed by atoms with Crippen LogP contribution in [0.4, 0.5) is 11.4 Å². The van der Waals surface area contributed by atoms with E-state index in [4.69, 9.17) is 0 Å². The number of aromatic nitrogens is 3. The lowest BCUT2D eigenvalue weighted by molar-refractivity contribution is -0.384. The van der Waals surface area contributed by atoms with Gasteiger partial charge in [0.05, 0.1) is 4.92 Å². The average Bonchev–Trinajstić information content (AvgIpc) is 3.15. The summed E-state index contributed by atoms with van der Waals surface area (Å²) in [4.78, 5) is 34.3. The maximum absolute atomic E-state index is 12.1. The van der Waals surface area contributed by atoms with Crippen molar-refractivity contribution in [3.63, 3.8) is 0 Å². The normalized spacial score (nSPS) is 10.2. The molecule has 0 aliphatic heterocycles. The predicted octanol–water partition coefficient (Wildman–Crippen LogP) is 1.82. The SMILES string of the molecule is O=C(Nc1ccc(C(=O)Nn2cnnc2)cc1)c1ccc([N+](=O)[O-])cc1. The summed E-state index contributed by atoms with van der Waals surface area (Å²) in [6.07, 6.45) is 2.69. The number of anilines is 1. The van der Waals surface area contributed by atoms with Crippen LogP contribution in [0.3, 0.4) is 0 Å². The average molecular weight is 352 g/mol. The Balaban J connectivity index is 1.64. The molecule has 0 atom stereocenters. The lowest BCUT2D eigenvalue weighted by Gasteiger charge is -2.07. The molecule has 10 nitrogen and oxygen atoms in total. The van der Waals surface area contributed by atoms with Gasteiger partial charge in [-0.3, -0.25) is 25.1 Å². The molecule has 0 unspecified atom stereocenters. The number of amides is 2. The van der Waals surface area contributed by atoms with E-state index in [-0.39, 0.29) is 17.2 Å². The van der Waals surface area contributed by atoms with Gasteiger partial charge in [-0.15, -0.1) is 10.2 Å². The fourth-order valence-corrected chi connectivity index (χ4v) is 2.08. The van der Waals surface area contributed by atoms with E-state index in [0.29, 0.717) is 11.3 Å². The molecule has 0 bridgehead atoms. The van der Waals surface area contributed by atoms with Crippen molar-refractivity contribution < 1.29 is 14.5 Å². The number of nitro groups is 1. The zero-order valence-corrected chi connectivity index (χ0v) is 13.2. The van der Waals surface area contributed by atoms with E-state index in [1.807, 2.05) is 0 Å². The molecule has 3 rings (SSSR count). The van der Waals surface area contributed by atoms with Gasteiger partial charge in [-0.1, -0.05) is 0 Å². The van der Waals surface area contributed by atoms with Crippen molar-refractivity contribution in [3.8, 4) is 0 Å². The Labute approximate surface area is 146 Å². The third kappa shape index (κ3) is 3.87. The highest BCUT2D eigenvalue weighted by Gasteiger charge is 2.11. The second kappa shape index (κ2) is 7.21. The number of nitrogens with one attached hydrogen (secondary N) is 2. The van der Waals surface area contributed by atoms with Crippen molar-refractivity contribution in [1.82, 2.24) is 14.9 Å². The molecule has 3 aromatic rings. The van der Waals surface area contributed by atoms with E-state index in [9.17, 15) is 19.7 Å². The van der Waals surface area contributed by atoms with Crippen LogP contribution < -0.4 is 10.7 Å². The summed E-state index contributed by atoms with van der Waals surface area (Å²) in [6, 6.07) is 11.5. The van der Waals surface area contributed by atoms with Crippen LogP contribution in [0.2, 0.25) is 0 Å². The van der Waals surface area contributed by atoms with Crippen molar-refractivity contribution >= 4 is 23.2 Å². The lowest BCUT2D eigenvalue weighted by Crippen LogP contribution is -2.21. The monoisotopic (exact) mass is 352 g/mol. The summed E-state index contributed by atoms with van der Waals surface area (Å²) < 4.78 is 1.31. The minimum absolute atomic E-state index is 0.0926. The highest BCUT2D eigenvalue weighted by Crippen LogP contribution is 2.15. The van der Waals surface area contributed by atoms with Crippen LogP contribution in [-0.4, -0.2) is 31.6 Å². The van der Waals surface area contributed by atoms with Crippen LogP contribution in [-0.2, 0) is 0 Å². The summed E-state index contributed by atoms with van der Waals surface area (Å²) >= 11 is 0. The Bertz CT molecular complexity index is 936. The van der Waals surface area contributed by atoms with Crippen molar-refractivity contribution in [1.29, 1.82) is 0 Å². The minimum atomic E-state index is -0.536. The second-order valence-electron chi connectivity index (χ2n) is 5.15. The molecule has 0 aliphatic carbocycles. The lowest BCUT2D eigenvalue weighted by atomic mass is 10.1. The number of carbonyl (C=O) groups is 2. The number of non-ortho nitro benzene ring substituents is 1. The number of nitrogens with zero attached hydrogens (tertiary/aromatic N) is 4. The fourth-order valence-electron chi connectivity index (χ4n) is 2.08.